The number of halogens is 1. The molecule has 4 rings (SSSR count). The summed E-state index contributed by atoms with van der Waals surface area (Å²) in [4.78, 5) is 42.5. The van der Waals surface area contributed by atoms with Crippen molar-refractivity contribution in [2.75, 3.05) is 18.5 Å². The number of hydrogen-bond acceptors (Lipinski definition) is 6. The average molecular weight is 566 g/mol. The van der Waals surface area contributed by atoms with Crippen LogP contribution in [0.15, 0.2) is 24.3 Å². The molecular weight excluding hydrogens is 530 g/mol. The van der Waals surface area contributed by atoms with Crippen molar-refractivity contribution < 1.29 is 29.0 Å². The molecule has 0 aromatic heterocycles. The Morgan fingerprint density at radius 1 is 1.22 bits per heavy atom. The van der Waals surface area contributed by atoms with E-state index in [0.717, 1.165) is 0 Å². The van der Waals surface area contributed by atoms with E-state index in [-0.39, 0.29) is 41.1 Å². The monoisotopic (exact) mass is 565 g/mol. The first-order chi connectivity index (χ1) is 17.0. The van der Waals surface area contributed by atoms with E-state index in [1.54, 1.807) is 24.3 Å². The first-order valence-corrected chi connectivity index (χ1v) is 13.6. The van der Waals surface area contributed by atoms with Crippen LogP contribution in [0.2, 0.25) is 0 Å². The van der Waals surface area contributed by atoms with E-state index in [9.17, 15) is 19.5 Å². The van der Waals surface area contributed by atoms with Crippen LogP contribution < -0.4 is 15.4 Å². The summed E-state index contributed by atoms with van der Waals surface area (Å²) in [5.41, 5.74) is -0.573. The summed E-state index contributed by atoms with van der Waals surface area (Å²) >= 11 is 3.67. The maximum Gasteiger partial charge on any atom is 0.246 e. The lowest BCUT2D eigenvalue weighted by Gasteiger charge is -2.38. The molecule has 1 aromatic rings. The van der Waals surface area contributed by atoms with Crippen molar-refractivity contribution in [1.82, 2.24) is 10.2 Å². The predicted octanol–water partition coefficient (Wildman–Crippen LogP) is 2.31. The minimum atomic E-state index is -1.15. The van der Waals surface area contributed by atoms with Gasteiger partial charge in [0.2, 0.25) is 17.7 Å². The number of rotatable bonds is 9. The number of nitrogens with zero attached hydrogens (tertiary/aromatic N) is 1. The van der Waals surface area contributed by atoms with Crippen LogP contribution in [0.1, 0.15) is 41.0 Å². The molecule has 3 heterocycles. The second-order valence-electron chi connectivity index (χ2n) is 10.5. The lowest BCUT2D eigenvalue weighted by Crippen LogP contribution is -2.59. The Morgan fingerprint density at radius 2 is 1.89 bits per heavy atom. The predicted molar refractivity (Wildman–Crippen MR) is 138 cm³/mol. The molecule has 3 aliphatic heterocycles. The second kappa shape index (κ2) is 10.3. The normalized spacial score (nSPS) is 31.6. The zero-order chi connectivity index (χ0) is 26.4. The summed E-state index contributed by atoms with van der Waals surface area (Å²) in [6, 6.07) is 5.38. The number of alkyl halides is 1. The van der Waals surface area contributed by atoms with Crippen LogP contribution in [-0.2, 0) is 19.1 Å². The molecule has 1 aromatic carbocycles. The minimum absolute atomic E-state index is 0.100. The van der Waals surface area contributed by atoms with Crippen LogP contribution >= 0.6 is 15.9 Å². The molecule has 9 nitrogen and oxygen atoms in total. The third-order valence-corrected chi connectivity index (χ3v) is 8.30. The number of nitrogens with one attached hydrogen (secondary N) is 2. The molecule has 3 N–H and O–H groups in total. The highest BCUT2D eigenvalue weighted by Gasteiger charge is 2.77. The van der Waals surface area contributed by atoms with Gasteiger partial charge >= 0.3 is 0 Å². The number of anilines is 1. The minimum Gasteiger partial charge on any atom is -0.494 e. The van der Waals surface area contributed by atoms with Gasteiger partial charge in [0, 0.05) is 16.6 Å². The van der Waals surface area contributed by atoms with Crippen LogP contribution in [0.25, 0.3) is 0 Å². The summed E-state index contributed by atoms with van der Waals surface area (Å²) < 4.78 is 11.9. The molecule has 3 fully saturated rings. The van der Waals surface area contributed by atoms with E-state index in [1.807, 2.05) is 34.6 Å². The highest BCUT2D eigenvalue weighted by atomic mass is 79.9. The van der Waals surface area contributed by atoms with Gasteiger partial charge in [-0.1, -0.05) is 29.8 Å². The molecule has 10 heteroatoms. The SMILES string of the molecule is CCOc1ccc(NC(=O)[C@H]2[C@@H]3OC4(CC3Br)C(C(=O)NC(C)C)N([C@@H](CO)C(C)C)C(=O)[C@H]24)cc1. The van der Waals surface area contributed by atoms with Gasteiger partial charge in [0.05, 0.1) is 37.2 Å². The van der Waals surface area contributed by atoms with E-state index in [0.29, 0.717) is 24.5 Å². The van der Waals surface area contributed by atoms with Gasteiger partial charge in [-0.25, -0.2) is 0 Å². The average Bonchev–Trinajstić information content (AvgIpc) is 3.39. The number of benzene rings is 1. The zero-order valence-electron chi connectivity index (χ0n) is 21.4. The van der Waals surface area contributed by atoms with Gasteiger partial charge in [0.15, 0.2) is 0 Å². The van der Waals surface area contributed by atoms with Crippen molar-refractivity contribution in [3.63, 3.8) is 0 Å². The lowest BCUT2D eigenvalue weighted by atomic mass is 9.70. The Hall–Kier alpha value is -2.17. The number of fused-ring (bicyclic) bond motifs is 1. The molecule has 0 radical (unpaired) electrons. The molecule has 3 amide bonds. The molecule has 7 atom stereocenters. The van der Waals surface area contributed by atoms with E-state index in [2.05, 4.69) is 26.6 Å². The van der Waals surface area contributed by atoms with Crippen molar-refractivity contribution >= 4 is 39.3 Å². The summed E-state index contributed by atoms with van der Waals surface area (Å²) in [6.07, 6.45) is -0.131. The largest absolute Gasteiger partial charge is 0.494 e. The van der Waals surface area contributed by atoms with E-state index in [4.69, 9.17) is 9.47 Å². The molecular formula is C26H36BrN3O6. The maximum absolute atomic E-state index is 14.0. The van der Waals surface area contributed by atoms with Gasteiger partial charge in [-0.2, -0.15) is 0 Å². The number of hydrogen-bond donors (Lipinski definition) is 3. The molecule has 1 spiro atoms. The third kappa shape index (κ3) is 4.41. The lowest BCUT2D eigenvalue weighted by molar-refractivity contribution is -0.146. The fraction of sp³-hybridized carbons (Fsp3) is 0.654. The van der Waals surface area contributed by atoms with Crippen molar-refractivity contribution in [3.8, 4) is 5.75 Å². The number of amides is 3. The fourth-order valence-electron chi connectivity index (χ4n) is 6.03. The molecule has 3 saturated heterocycles. The van der Waals surface area contributed by atoms with Crippen LogP contribution in [0.3, 0.4) is 0 Å². The molecule has 3 aliphatic rings. The Kier molecular flexibility index (Phi) is 7.69. The smallest absolute Gasteiger partial charge is 0.246 e. The molecule has 0 saturated carbocycles. The Bertz CT molecular complexity index is 1000. The summed E-state index contributed by atoms with van der Waals surface area (Å²) in [5.74, 6) is -1.99. The van der Waals surface area contributed by atoms with Crippen molar-refractivity contribution in [1.29, 1.82) is 0 Å². The summed E-state index contributed by atoms with van der Waals surface area (Å²) in [5, 5.41) is 16.1. The van der Waals surface area contributed by atoms with Crippen molar-refractivity contribution in [3.05, 3.63) is 24.3 Å². The summed E-state index contributed by atoms with van der Waals surface area (Å²) in [6.45, 7) is 9.66. The first-order valence-electron chi connectivity index (χ1n) is 12.6. The first kappa shape index (κ1) is 26.9. The van der Waals surface area contributed by atoms with E-state index in [1.165, 1.54) is 4.90 Å². The topological polar surface area (TPSA) is 117 Å². The van der Waals surface area contributed by atoms with Crippen LogP contribution in [0.5, 0.6) is 5.75 Å². The van der Waals surface area contributed by atoms with Gasteiger partial charge in [0.1, 0.15) is 17.4 Å². The van der Waals surface area contributed by atoms with Crippen molar-refractivity contribution in [2.24, 2.45) is 17.8 Å². The summed E-state index contributed by atoms with van der Waals surface area (Å²) in [7, 11) is 0. The highest BCUT2D eigenvalue weighted by molar-refractivity contribution is 9.09. The number of aliphatic hydroxyl groups excluding tert-OH is 1. The number of carbonyl (C=O) groups is 3. The number of ether oxygens (including phenoxy) is 2. The highest BCUT2D eigenvalue weighted by Crippen LogP contribution is 2.60. The van der Waals surface area contributed by atoms with Gasteiger partial charge in [0.25, 0.3) is 0 Å². The van der Waals surface area contributed by atoms with Crippen LogP contribution in [0.4, 0.5) is 5.69 Å². The molecule has 2 bridgehead atoms. The third-order valence-electron chi connectivity index (χ3n) is 7.46. The number of carbonyl (C=O) groups excluding carboxylic acids is 3. The number of aliphatic hydroxyl groups is 1. The second-order valence-corrected chi connectivity index (χ2v) is 11.7. The molecule has 36 heavy (non-hydrogen) atoms. The van der Waals surface area contributed by atoms with Crippen LogP contribution in [0, 0.1) is 17.8 Å². The quantitative estimate of drug-likeness (QED) is 0.395. The van der Waals surface area contributed by atoms with E-state index < -0.39 is 35.6 Å². The fourth-order valence-corrected chi connectivity index (χ4v) is 6.98. The molecule has 0 aliphatic carbocycles. The maximum atomic E-state index is 14.0. The Labute approximate surface area is 220 Å². The van der Waals surface area contributed by atoms with Gasteiger partial charge in [-0.3, -0.25) is 14.4 Å². The Morgan fingerprint density at radius 3 is 2.44 bits per heavy atom. The molecule has 3 unspecified atom stereocenters. The Balaban J connectivity index is 1.69. The van der Waals surface area contributed by atoms with Gasteiger partial charge in [-0.15, -0.1) is 0 Å². The number of likely N-dealkylation sites (tertiary alicyclic amines) is 1. The van der Waals surface area contributed by atoms with Gasteiger partial charge in [-0.05, 0) is 57.4 Å². The van der Waals surface area contributed by atoms with Gasteiger partial charge < -0.3 is 30.1 Å². The zero-order valence-corrected chi connectivity index (χ0v) is 22.9. The standard InChI is InChI=1S/C26H36BrN3O6/c1-6-35-16-9-7-15(8-10-16)29-23(32)19-20-25(34)30(18(12-31)13(2)3)22(24(33)28-14(4)5)26(20)11-17(27)21(19)36-26/h7-10,13-14,17-22,31H,6,11-12H2,1-5H3,(H,28,33)(H,29,32)/t17?,18-,19+,20-,21+,22?,26?/m0/s1. The van der Waals surface area contributed by atoms with Crippen molar-refractivity contribution in [2.45, 2.75) is 75.7 Å². The van der Waals surface area contributed by atoms with E-state index >= 15 is 0 Å². The molecule has 198 valence electrons. The van der Waals surface area contributed by atoms with Crippen LogP contribution in [-0.4, -0.2) is 75.6 Å².